The minimum Gasteiger partial charge on any atom is -0.309 e. The molecular weight excluding hydrogens is 715 g/mol. The van der Waals surface area contributed by atoms with Crippen LogP contribution in [0.2, 0.25) is 0 Å². The van der Waals surface area contributed by atoms with Crippen LogP contribution in [0.4, 0.5) is 0 Å². The molecule has 0 atom stereocenters. The Kier molecular flexibility index (Phi) is 7.54. The standard InChI is InChI=1S/C56H35N3/c1-3-16-36(17-4-1)39-21-13-22-40(34-39)55-56(58-49-30-12-11-29-48(49)57-55)46-28-14-27-44-42(46)26-15-31-50(44)59-51-33-32-38-20-7-8-23-41(38)53(51)54-45-25-10-9-24-43(45)47(35-52(54)59)37-18-5-2-6-19-37/h1-35H. The molecule has 0 aliphatic rings. The molecule has 3 heteroatoms. The van der Waals surface area contributed by atoms with Crippen LogP contribution >= 0.6 is 0 Å². The molecule has 12 aromatic rings. The smallest absolute Gasteiger partial charge is 0.0979 e. The van der Waals surface area contributed by atoms with Crippen LogP contribution in [0, 0.1) is 0 Å². The molecule has 0 N–H and O–H groups in total. The second-order valence-corrected chi connectivity index (χ2v) is 15.3. The molecule has 0 fully saturated rings. The average Bonchev–Trinajstić information content (AvgIpc) is 3.66. The van der Waals surface area contributed by atoms with Crippen LogP contribution in [0.25, 0.3) is 116 Å². The topological polar surface area (TPSA) is 30.7 Å². The number of aromatic nitrogens is 3. The Hall–Kier alpha value is -7.88. The van der Waals surface area contributed by atoms with Crippen LogP contribution in [-0.2, 0) is 0 Å². The van der Waals surface area contributed by atoms with E-state index in [1.165, 1.54) is 60.0 Å². The zero-order valence-electron chi connectivity index (χ0n) is 32.0. The summed E-state index contributed by atoms with van der Waals surface area (Å²) >= 11 is 0. The lowest BCUT2D eigenvalue weighted by molar-refractivity contribution is 1.20. The number of hydrogen-bond acceptors (Lipinski definition) is 2. The fraction of sp³-hybridized carbons (Fsp3) is 0. The molecular formula is C56H35N3. The van der Waals surface area contributed by atoms with Crippen LogP contribution in [0.3, 0.4) is 0 Å². The Morgan fingerprint density at radius 2 is 0.864 bits per heavy atom. The summed E-state index contributed by atoms with van der Waals surface area (Å²) in [6, 6.07) is 76.2. The average molecular weight is 750 g/mol. The van der Waals surface area contributed by atoms with Crippen molar-refractivity contribution >= 4 is 65.2 Å². The van der Waals surface area contributed by atoms with Crippen molar-refractivity contribution in [3.8, 4) is 50.5 Å². The first kappa shape index (κ1) is 33.3. The molecule has 10 aromatic carbocycles. The first-order chi connectivity index (χ1) is 29.3. The van der Waals surface area contributed by atoms with E-state index < -0.39 is 0 Å². The highest BCUT2D eigenvalue weighted by molar-refractivity contribution is 6.30. The minimum atomic E-state index is 0.863. The van der Waals surface area contributed by atoms with Crippen molar-refractivity contribution in [1.29, 1.82) is 0 Å². The normalized spacial score (nSPS) is 11.7. The highest BCUT2D eigenvalue weighted by atomic mass is 15.0. The molecule has 0 amide bonds. The molecule has 0 unspecified atom stereocenters. The van der Waals surface area contributed by atoms with Crippen LogP contribution < -0.4 is 0 Å². The molecule has 2 heterocycles. The van der Waals surface area contributed by atoms with Gasteiger partial charge < -0.3 is 4.57 Å². The lowest BCUT2D eigenvalue weighted by Gasteiger charge is -2.17. The van der Waals surface area contributed by atoms with Crippen LogP contribution in [0.1, 0.15) is 0 Å². The minimum absolute atomic E-state index is 0.863. The van der Waals surface area contributed by atoms with Crippen molar-refractivity contribution in [2.45, 2.75) is 0 Å². The highest BCUT2D eigenvalue weighted by Crippen LogP contribution is 2.45. The summed E-state index contributed by atoms with van der Waals surface area (Å²) in [7, 11) is 0. The van der Waals surface area contributed by atoms with Crippen LogP contribution in [0.5, 0.6) is 0 Å². The summed E-state index contributed by atoms with van der Waals surface area (Å²) in [5, 5.41) is 9.77. The van der Waals surface area contributed by atoms with Gasteiger partial charge >= 0.3 is 0 Å². The quantitative estimate of drug-likeness (QED) is 0.175. The molecule has 0 bridgehead atoms. The summed E-state index contributed by atoms with van der Waals surface area (Å²) in [4.78, 5) is 10.8. The summed E-state index contributed by atoms with van der Waals surface area (Å²) < 4.78 is 2.50. The zero-order chi connectivity index (χ0) is 38.9. The summed E-state index contributed by atoms with van der Waals surface area (Å²) in [5.41, 5.74) is 13.7. The maximum Gasteiger partial charge on any atom is 0.0979 e. The Morgan fingerprint density at radius 3 is 1.68 bits per heavy atom. The summed E-state index contributed by atoms with van der Waals surface area (Å²) in [6.45, 7) is 0. The maximum absolute atomic E-state index is 5.41. The van der Waals surface area contributed by atoms with Crippen molar-refractivity contribution in [2.75, 3.05) is 0 Å². The Balaban J connectivity index is 1.16. The second-order valence-electron chi connectivity index (χ2n) is 15.3. The predicted molar refractivity (Wildman–Crippen MR) is 248 cm³/mol. The number of benzene rings is 10. The monoisotopic (exact) mass is 749 g/mol. The maximum atomic E-state index is 5.41. The van der Waals surface area contributed by atoms with Crippen LogP contribution in [0.15, 0.2) is 212 Å². The van der Waals surface area contributed by atoms with Gasteiger partial charge in [0.15, 0.2) is 0 Å². The summed E-state index contributed by atoms with van der Waals surface area (Å²) in [6.07, 6.45) is 0. The van der Waals surface area contributed by atoms with E-state index in [1.807, 2.05) is 12.1 Å². The molecule has 0 saturated carbocycles. The first-order valence-corrected chi connectivity index (χ1v) is 20.2. The van der Waals surface area contributed by atoms with E-state index in [0.717, 1.165) is 55.6 Å². The van der Waals surface area contributed by atoms with E-state index in [4.69, 9.17) is 9.97 Å². The van der Waals surface area contributed by atoms with Crippen molar-refractivity contribution in [3.05, 3.63) is 212 Å². The third-order valence-corrected chi connectivity index (χ3v) is 12.0. The SMILES string of the molecule is c1ccc(-c2cccc(-c3nc4ccccc4nc3-c3cccc4c(-n5c6ccc7ccccc7c6c6c7ccccc7c(-c7ccccc7)cc65)cccc34)c2)cc1. The third kappa shape index (κ3) is 5.29. The number of para-hydroxylation sites is 2. The first-order valence-electron chi connectivity index (χ1n) is 20.2. The van der Waals surface area contributed by atoms with Crippen molar-refractivity contribution in [1.82, 2.24) is 14.5 Å². The molecule has 274 valence electrons. The molecule has 0 spiro atoms. The van der Waals surface area contributed by atoms with E-state index in [0.29, 0.717) is 0 Å². The van der Waals surface area contributed by atoms with Gasteiger partial charge in [-0.25, -0.2) is 9.97 Å². The van der Waals surface area contributed by atoms with Crippen molar-refractivity contribution in [3.63, 3.8) is 0 Å². The molecule has 2 aromatic heterocycles. The Morgan fingerprint density at radius 1 is 0.305 bits per heavy atom. The van der Waals surface area contributed by atoms with Gasteiger partial charge in [0.25, 0.3) is 0 Å². The van der Waals surface area contributed by atoms with Gasteiger partial charge in [0.05, 0.1) is 39.1 Å². The van der Waals surface area contributed by atoms with Crippen molar-refractivity contribution < 1.29 is 0 Å². The number of nitrogens with zero attached hydrogens (tertiary/aromatic N) is 3. The molecule has 0 aliphatic heterocycles. The fourth-order valence-electron chi connectivity index (χ4n) is 9.32. The number of rotatable bonds is 5. The van der Waals surface area contributed by atoms with Gasteiger partial charge in [0, 0.05) is 27.3 Å². The molecule has 3 nitrogen and oxygen atoms in total. The molecule has 0 aliphatic carbocycles. The van der Waals surface area contributed by atoms with E-state index in [2.05, 4.69) is 205 Å². The Labute approximate surface area is 341 Å². The Bertz CT molecular complexity index is 3600. The van der Waals surface area contributed by atoms with Crippen molar-refractivity contribution in [2.24, 2.45) is 0 Å². The molecule has 0 radical (unpaired) electrons. The molecule has 12 rings (SSSR count). The van der Waals surface area contributed by atoms with Gasteiger partial charge in [-0.1, -0.05) is 176 Å². The van der Waals surface area contributed by atoms with E-state index in [1.54, 1.807) is 0 Å². The van der Waals surface area contributed by atoms with Crippen LogP contribution in [-0.4, -0.2) is 14.5 Å². The number of fused-ring (bicyclic) bond motifs is 9. The zero-order valence-corrected chi connectivity index (χ0v) is 32.0. The van der Waals surface area contributed by atoms with E-state index in [-0.39, 0.29) is 0 Å². The van der Waals surface area contributed by atoms with Gasteiger partial charge in [-0.05, 0) is 85.6 Å². The molecule has 59 heavy (non-hydrogen) atoms. The van der Waals surface area contributed by atoms with Gasteiger partial charge in [0.2, 0.25) is 0 Å². The molecule has 0 saturated heterocycles. The van der Waals surface area contributed by atoms with Gasteiger partial charge in [0.1, 0.15) is 0 Å². The van der Waals surface area contributed by atoms with E-state index >= 15 is 0 Å². The fourth-order valence-corrected chi connectivity index (χ4v) is 9.32. The highest BCUT2D eigenvalue weighted by Gasteiger charge is 2.22. The lowest BCUT2D eigenvalue weighted by Crippen LogP contribution is -1.99. The van der Waals surface area contributed by atoms with E-state index in [9.17, 15) is 0 Å². The second kappa shape index (κ2) is 13.4. The summed E-state index contributed by atoms with van der Waals surface area (Å²) in [5.74, 6) is 0. The lowest BCUT2D eigenvalue weighted by atomic mass is 9.94. The van der Waals surface area contributed by atoms with Gasteiger partial charge in [-0.2, -0.15) is 0 Å². The number of hydrogen-bond donors (Lipinski definition) is 0. The van der Waals surface area contributed by atoms with Gasteiger partial charge in [-0.3, -0.25) is 0 Å². The predicted octanol–water partition coefficient (Wildman–Crippen LogP) is 14.9. The largest absolute Gasteiger partial charge is 0.309 e. The third-order valence-electron chi connectivity index (χ3n) is 12.0. The van der Waals surface area contributed by atoms with Gasteiger partial charge in [-0.15, -0.1) is 0 Å².